The standard InChI is InChI=1S/C14H23N3O/c1-10(2)9-17-14(18)6-7-16-12-5-4-11(3)13(15)8-12/h4-5,8,10,16H,6-7,9,15H2,1-3H3,(H,17,18). The van der Waals surface area contributed by atoms with Crippen molar-refractivity contribution in [3.63, 3.8) is 0 Å². The Bertz CT molecular complexity index is 402. The monoisotopic (exact) mass is 249 g/mol. The van der Waals surface area contributed by atoms with Crippen LogP contribution in [0.25, 0.3) is 0 Å². The van der Waals surface area contributed by atoms with E-state index < -0.39 is 0 Å². The Labute approximate surface area is 109 Å². The highest BCUT2D eigenvalue weighted by Crippen LogP contribution is 2.16. The van der Waals surface area contributed by atoms with Crippen molar-refractivity contribution in [3.8, 4) is 0 Å². The fourth-order valence-electron chi connectivity index (χ4n) is 1.48. The van der Waals surface area contributed by atoms with Crippen molar-refractivity contribution in [3.05, 3.63) is 23.8 Å². The Morgan fingerprint density at radius 2 is 2.11 bits per heavy atom. The molecule has 100 valence electrons. The normalized spacial score (nSPS) is 10.4. The molecule has 0 bridgehead atoms. The number of anilines is 2. The third-order valence-corrected chi connectivity index (χ3v) is 2.67. The van der Waals surface area contributed by atoms with E-state index in [0.717, 1.165) is 23.5 Å². The van der Waals surface area contributed by atoms with Crippen molar-refractivity contribution in [2.24, 2.45) is 5.92 Å². The minimum atomic E-state index is 0.0799. The van der Waals surface area contributed by atoms with Crippen molar-refractivity contribution in [2.45, 2.75) is 27.2 Å². The van der Waals surface area contributed by atoms with Crippen LogP contribution in [0.2, 0.25) is 0 Å². The van der Waals surface area contributed by atoms with E-state index in [1.165, 1.54) is 0 Å². The van der Waals surface area contributed by atoms with Gasteiger partial charge in [0.05, 0.1) is 0 Å². The first kappa shape index (κ1) is 14.4. The first-order valence-electron chi connectivity index (χ1n) is 6.35. The third-order valence-electron chi connectivity index (χ3n) is 2.67. The van der Waals surface area contributed by atoms with Crippen molar-refractivity contribution in [1.82, 2.24) is 5.32 Å². The van der Waals surface area contributed by atoms with E-state index in [-0.39, 0.29) is 5.91 Å². The van der Waals surface area contributed by atoms with Gasteiger partial charge in [-0.25, -0.2) is 0 Å². The average molecular weight is 249 g/mol. The Morgan fingerprint density at radius 1 is 1.39 bits per heavy atom. The third kappa shape index (κ3) is 5.08. The average Bonchev–Trinajstić information content (AvgIpc) is 2.31. The molecular formula is C14H23N3O. The van der Waals surface area contributed by atoms with E-state index in [1.54, 1.807) is 0 Å². The van der Waals surface area contributed by atoms with Gasteiger partial charge in [0.15, 0.2) is 0 Å². The molecule has 4 N–H and O–H groups in total. The molecule has 4 nitrogen and oxygen atoms in total. The number of aryl methyl sites for hydroxylation is 1. The summed E-state index contributed by atoms with van der Waals surface area (Å²) in [6.07, 6.45) is 0.473. The van der Waals surface area contributed by atoms with Crippen molar-refractivity contribution < 1.29 is 4.79 Å². The number of nitrogens with one attached hydrogen (secondary N) is 2. The number of hydrogen-bond acceptors (Lipinski definition) is 3. The SMILES string of the molecule is Cc1ccc(NCCC(=O)NCC(C)C)cc1N. The van der Waals surface area contributed by atoms with E-state index >= 15 is 0 Å². The molecule has 0 unspecified atom stereocenters. The maximum absolute atomic E-state index is 11.5. The summed E-state index contributed by atoms with van der Waals surface area (Å²) in [4.78, 5) is 11.5. The van der Waals surface area contributed by atoms with E-state index in [4.69, 9.17) is 5.73 Å². The second kappa shape index (κ2) is 6.89. The zero-order valence-electron chi connectivity index (χ0n) is 11.4. The molecule has 18 heavy (non-hydrogen) atoms. The van der Waals surface area contributed by atoms with Gasteiger partial charge < -0.3 is 16.4 Å². The van der Waals surface area contributed by atoms with Crippen LogP contribution in [0.4, 0.5) is 11.4 Å². The summed E-state index contributed by atoms with van der Waals surface area (Å²) in [5.74, 6) is 0.565. The molecule has 4 heteroatoms. The highest BCUT2D eigenvalue weighted by molar-refractivity contribution is 5.76. The van der Waals surface area contributed by atoms with Crippen LogP contribution >= 0.6 is 0 Å². The lowest BCUT2D eigenvalue weighted by atomic mass is 10.2. The summed E-state index contributed by atoms with van der Waals surface area (Å²) >= 11 is 0. The number of amides is 1. The Balaban J connectivity index is 2.28. The van der Waals surface area contributed by atoms with Gasteiger partial charge in [0.1, 0.15) is 0 Å². The first-order valence-corrected chi connectivity index (χ1v) is 6.35. The van der Waals surface area contributed by atoms with Crippen molar-refractivity contribution in [1.29, 1.82) is 0 Å². The highest BCUT2D eigenvalue weighted by atomic mass is 16.1. The van der Waals surface area contributed by atoms with Gasteiger partial charge in [-0.1, -0.05) is 19.9 Å². The maximum atomic E-state index is 11.5. The van der Waals surface area contributed by atoms with Crippen LogP contribution in [0.1, 0.15) is 25.8 Å². The molecule has 1 rings (SSSR count). The predicted octanol–water partition coefficient (Wildman–Crippen LogP) is 2.15. The molecular weight excluding hydrogens is 226 g/mol. The number of carbonyl (C=O) groups is 1. The Morgan fingerprint density at radius 3 is 2.72 bits per heavy atom. The second-order valence-electron chi connectivity index (χ2n) is 4.95. The molecule has 1 aromatic carbocycles. The van der Waals surface area contributed by atoms with E-state index in [1.807, 2.05) is 25.1 Å². The van der Waals surface area contributed by atoms with Gasteiger partial charge in [-0.3, -0.25) is 4.79 Å². The largest absolute Gasteiger partial charge is 0.398 e. The molecule has 0 saturated heterocycles. The van der Waals surface area contributed by atoms with Crippen molar-refractivity contribution in [2.75, 3.05) is 24.1 Å². The minimum Gasteiger partial charge on any atom is -0.398 e. The lowest BCUT2D eigenvalue weighted by molar-refractivity contribution is -0.120. The fraction of sp³-hybridized carbons (Fsp3) is 0.500. The van der Waals surface area contributed by atoms with Gasteiger partial charge in [-0.15, -0.1) is 0 Å². The van der Waals surface area contributed by atoms with Crippen LogP contribution in [0.3, 0.4) is 0 Å². The lowest BCUT2D eigenvalue weighted by Gasteiger charge is -2.10. The zero-order chi connectivity index (χ0) is 13.5. The van der Waals surface area contributed by atoms with Crippen LogP contribution in [-0.4, -0.2) is 19.0 Å². The molecule has 0 saturated carbocycles. The molecule has 0 spiro atoms. The van der Waals surface area contributed by atoms with Gasteiger partial charge in [-0.05, 0) is 30.5 Å². The Hall–Kier alpha value is -1.71. The fourth-order valence-corrected chi connectivity index (χ4v) is 1.48. The van der Waals surface area contributed by atoms with Gasteiger partial charge >= 0.3 is 0 Å². The van der Waals surface area contributed by atoms with Crippen LogP contribution in [-0.2, 0) is 4.79 Å². The smallest absolute Gasteiger partial charge is 0.221 e. The molecule has 1 amide bonds. The first-order chi connectivity index (χ1) is 8.49. The molecule has 0 aliphatic heterocycles. The maximum Gasteiger partial charge on any atom is 0.221 e. The van der Waals surface area contributed by atoms with Gasteiger partial charge in [-0.2, -0.15) is 0 Å². The van der Waals surface area contributed by atoms with Gasteiger partial charge in [0.25, 0.3) is 0 Å². The number of hydrogen-bond donors (Lipinski definition) is 3. The molecule has 0 atom stereocenters. The van der Waals surface area contributed by atoms with Crippen LogP contribution < -0.4 is 16.4 Å². The Kier molecular flexibility index (Phi) is 5.49. The molecule has 0 radical (unpaired) electrons. The van der Waals surface area contributed by atoms with Crippen molar-refractivity contribution >= 4 is 17.3 Å². The minimum absolute atomic E-state index is 0.0799. The van der Waals surface area contributed by atoms with Crippen LogP contribution in [0.5, 0.6) is 0 Å². The van der Waals surface area contributed by atoms with Gasteiger partial charge in [0.2, 0.25) is 5.91 Å². The molecule has 0 aliphatic rings. The van der Waals surface area contributed by atoms with Gasteiger partial charge in [0, 0.05) is 30.9 Å². The topological polar surface area (TPSA) is 67.2 Å². The predicted molar refractivity (Wildman–Crippen MR) is 76.5 cm³/mol. The highest BCUT2D eigenvalue weighted by Gasteiger charge is 2.02. The summed E-state index contributed by atoms with van der Waals surface area (Å²) in [7, 11) is 0. The molecule has 0 heterocycles. The second-order valence-corrected chi connectivity index (χ2v) is 4.95. The summed E-state index contributed by atoms with van der Waals surface area (Å²) in [5, 5.41) is 6.08. The number of rotatable bonds is 6. The van der Waals surface area contributed by atoms with Crippen LogP contribution in [0.15, 0.2) is 18.2 Å². The number of carbonyl (C=O) groups excluding carboxylic acids is 1. The summed E-state index contributed by atoms with van der Waals surface area (Å²) in [6.45, 7) is 7.47. The molecule has 0 aromatic heterocycles. The number of nitrogen functional groups attached to an aromatic ring is 1. The van der Waals surface area contributed by atoms with Crippen LogP contribution in [0, 0.1) is 12.8 Å². The summed E-state index contributed by atoms with van der Waals surface area (Å²) in [5.41, 5.74) is 8.60. The molecule has 1 aromatic rings. The summed E-state index contributed by atoms with van der Waals surface area (Å²) in [6, 6.07) is 5.83. The molecule has 0 aliphatic carbocycles. The molecule has 0 fully saturated rings. The quantitative estimate of drug-likeness (QED) is 0.677. The number of benzene rings is 1. The van der Waals surface area contributed by atoms with E-state index in [0.29, 0.717) is 18.9 Å². The zero-order valence-corrected chi connectivity index (χ0v) is 11.4. The lowest BCUT2D eigenvalue weighted by Crippen LogP contribution is -2.28. The number of nitrogens with two attached hydrogens (primary N) is 1. The summed E-state index contributed by atoms with van der Waals surface area (Å²) < 4.78 is 0. The van der Waals surface area contributed by atoms with E-state index in [9.17, 15) is 4.79 Å². The van der Waals surface area contributed by atoms with E-state index in [2.05, 4.69) is 24.5 Å².